The smallest absolute Gasteiger partial charge is 0.285 e. The molecule has 0 aromatic rings. The summed E-state index contributed by atoms with van der Waals surface area (Å²) in [4.78, 5) is 22.8. The van der Waals surface area contributed by atoms with Crippen LogP contribution in [0.3, 0.4) is 0 Å². The first-order chi connectivity index (χ1) is 9.44. The van der Waals surface area contributed by atoms with Crippen LogP contribution in [-0.2, 0) is 19.4 Å². The van der Waals surface area contributed by atoms with Crippen molar-refractivity contribution in [2.45, 2.75) is 42.7 Å². The summed E-state index contributed by atoms with van der Waals surface area (Å²) >= 11 is 0. The van der Waals surface area contributed by atoms with Gasteiger partial charge in [-0.1, -0.05) is 0 Å². The van der Waals surface area contributed by atoms with Crippen molar-refractivity contribution in [3.63, 3.8) is 0 Å². The molecule has 1 heterocycles. The molecule has 0 aromatic carbocycles. The molecule has 6 unspecified atom stereocenters. The average molecular weight is 330 g/mol. The van der Waals surface area contributed by atoms with Gasteiger partial charge >= 0.3 is 0 Å². The van der Waals surface area contributed by atoms with Gasteiger partial charge in [0.2, 0.25) is 0 Å². The second-order valence-corrected chi connectivity index (χ2v) is 6.30. The molecule has 0 amide bonds. The molecule has 0 radical (unpaired) electrons. The summed E-state index contributed by atoms with van der Waals surface area (Å²) in [6, 6.07) is 0. The molecule has 1 aliphatic rings. The van der Waals surface area contributed by atoms with Crippen LogP contribution in [0.4, 0.5) is 0 Å². The van der Waals surface area contributed by atoms with Crippen LogP contribution in [0.25, 0.3) is 0 Å². The molecule has 0 spiro atoms. The third-order valence-electron chi connectivity index (χ3n) is 3.06. The summed E-state index contributed by atoms with van der Waals surface area (Å²) in [5.41, 5.74) is 0. The number of carbonyl (C=O) groups is 2. The van der Waals surface area contributed by atoms with Crippen LogP contribution >= 0.6 is 0 Å². The zero-order valence-electron chi connectivity index (χ0n) is 10.2. The van der Waals surface area contributed by atoms with E-state index in [-0.39, 0.29) is 0 Å². The Bertz CT molecular complexity index is 488. The fourth-order valence-electron chi connectivity index (χ4n) is 1.68. The van der Waals surface area contributed by atoms with Crippen molar-refractivity contribution in [1.82, 2.24) is 0 Å². The van der Waals surface area contributed by atoms with Crippen molar-refractivity contribution >= 4 is 20.1 Å². The third-order valence-corrected chi connectivity index (χ3v) is 4.60. The van der Waals surface area contributed by atoms with Gasteiger partial charge in [-0.2, -0.15) is 0 Å². The van der Waals surface area contributed by atoms with Crippen LogP contribution in [0, 0.1) is 0 Å². The van der Waals surface area contributed by atoms with Gasteiger partial charge in [0, 0.05) is 0 Å². The Kier molecular flexibility index (Phi) is 5.18. The molecule has 1 saturated heterocycles. The molecule has 1 aliphatic heterocycles. The molecule has 0 saturated carbocycles. The monoisotopic (exact) mass is 330 g/mol. The second kappa shape index (κ2) is 6.02. The van der Waals surface area contributed by atoms with E-state index >= 15 is 0 Å². The minimum Gasteiger partial charge on any atom is -0.387 e. The maximum Gasteiger partial charge on any atom is 0.285 e. The van der Waals surface area contributed by atoms with Gasteiger partial charge in [-0.25, -0.2) is 8.42 Å². The second-order valence-electron chi connectivity index (χ2n) is 4.48. The molecule has 1 rings (SSSR count). The first-order valence-corrected chi connectivity index (χ1v) is 7.02. The van der Waals surface area contributed by atoms with Gasteiger partial charge in [-0.3, -0.25) is 9.59 Å². The van der Waals surface area contributed by atoms with E-state index in [1.807, 2.05) is 0 Å². The molecular formula is C9H14O11S. The highest BCUT2D eigenvalue weighted by atomic mass is 32.2. The number of hydrogen-bond acceptors (Lipinski definition) is 11. The van der Waals surface area contributed by atoms with Gasteiger partial charge in [0.05, 0.1) is 0 Å². The highest BCUT2D eigenvalue weighted by Gasteiger charge is 2.51. The molecule has 6 atom stereocenters. The Morgan fingerprint density at radius 2 is 0.810 bits per heavy atom. The Balaban J connectivity index is 3.40. The van der Waals surface area contributed by atoms with Crippen LogP contribution in [-0.4, -0.2) is 97.1 Å². The van der Waals surface area contributed by atoms with E-state index in [1.54, 1.807) is 0 Å². The van der Waals surface area contributed by atoms with Gasteiger partial charge in [0.1, 0.15) is 30.5 Å². The van der Waals surface area contributed by atoms with Crippen LogP contribution in [0.5, 0.6) is 0 Å². The summed E-state index contributed by atoms with van der Waals surface area (Å²) in [5.74, 6) is 0. The van der Waals surface area contributed by atoms with Crippen LogP contribution < -0.4 is 0 Å². The van der Waals surface area contributed by atoms with Gasteiger partial charge in [-0.05, 0) is 0 Å². The molecule has 0 aliphatic carbocycles. The first kappa shape index (κ1) is 18.1. The topological polar surface area (TPSA) is 210 Å². The molecular weight excluding hydrogens is 316 g/mol. The number of rotatable bonds is 0. The van der Waals surface area contributed by atoms with Crippen molar-refractivity contribution in [3.8, 4) is 0 Å². The molecule has 0 aromatic heterocycles. The summed E-state index contributed by atoms with van der Waals surface area (Å²) < 4.78 is 23.0. The lowest BCUT2D eigenvalue weighted by molar-refractivity contribution is -0.172. The molecule has 1 fully saturated rings. The van der Waals surface area contributed by atoms with Crippen molar-refractivity contribution in [2.24, 2.45) is 0 Å². The summed E-state index contributed by atoms with van der Waals surface area (Å²) in [6.07, 6.45) is -18.0. The van der Waals surface area contributed by atoms with Gasteiger partial charge in [0.25, 0.3) is 20.1 Å². The molecule has 12 heteroatoms. The standard InChI is InChI=1S/C9H14O11S/c10-1-2(11)4(13)6(15)8(17)21(19,20)9(18)7(16)5(14)3(1)12/h1-7,10-16H. The minimum atomic E-state index is -5.47. The van der Waals surface area contributed by atoms with Crippen molar-refractivity contribution < 1.29 is 53.8 Å². The Labute approximate surface area is 117 Å². The maximum absolute atomic E-state index is 11.5. The Hall–Kier alpha value is -0.990. The quantitative estimate of drug-likeness (QED) is 0.222. The summed E-state index contributed by atoms with van der Waals surface area (Å²) in [6.45, 7) is 0. The molecule has 21 heavy (non-hydrogen) atoms. The van der Waals surface area contributed by atoms with E-state index in [4.69, 9.17) is 0 Å². The van der Waals surface area contributed by atoms with Crippen molar-refractivity contribution in [3.05, 3.63) is 0 Å². The fraction of sp³-hybridized carbons (Fsp3) is 0.778. The number of carbonyl (C=O) groups excluding carboxylic acids is 2. The zero-order valence-corrected chi connectivity index (χ0v) is 11.0. The number of aliphatic hydroxyl groups excluding tert-OH is 7. The predicted molar refractivity (Wildman–Crippen MR) is 61.0 cm³/mol. The molecule has 11 nitrogen and oxygen atoms in total. The van der Waals surface area contributed by atoms with Gasteiger partial charge in [-0.15, -0.1) is 0 Å². The van der Waals surface area contributed by atoms with E-state index in [1.165, 1.54) is 0 Å². The van der Waals surface area contributed by atoms with E-state index in [0.717, 1.165) is 0 Å². The maximum atomic E-state index is 11.5. The van der Waals surface area contributed by atoms with Crippen LogP contribution in [0.2, 0.25) is 0 Å². The lowest BCUT2D eigenvalue weighted by Crippen LogP contribution is -2.60. The first-order valence-electron chi connectivity index (χ1n) is 5.53. The normalized spacial score (nSPS) is 45.4. The zero-order chi connectivity index (χ0) is 16.7. The number of hydrogen-bond donors (Lipinski definition) is 7. The largest absolute Gasteiger partial charge is 0.387 e. The lowest BCUT2D eigenvalue weighted by atomic mass is 9.94. The highest BCUT2D eigenvalue weighted by Crippen LogP contribution is 2.19. The van der Waals surface area contributed by atoms with Crippen LogP contribution in [0.15, 0.2) is 0 Å². The van der Waals surface area contributed by atoms with E-state index < -0.39 is 62.8 Å². The van der Waals surface area contributed by atoms with Gasteiger partial charge < -0.3 is 35.7 Å². The predicted octanol–water partition coefficient (Wildman–Crippen LogP) is -6.01. The van der Waals surface area contributed by atoms with Crippen molar-refractivity contribution in [2.75, 3.05) is 0 Å². The minimum absolute atomic E-state index is 2.23. The highest BCUT2D eigenvalue weighted by molar-refractivity contribution is 8.19. The summed E-state index contributed by atoms with van der Waals surface area (Å²) in [7, 11) is -5.47. The van der Waals surface area contributed by atoms with E-state index in [0.29, 0.717) is 0 Å². The molecule has 122 valence electrons. The molecule has 7 N–H and O–H groups in total. The molecule has 0 bridgehead atoms. The third kappa shape index (κ3) is 2.97. The lowest BCUT2D eigenvalue weighted by Gasteiger charge is -2.32. The SMILES string of the molecule is O=C1C(O)C(O)C(O)C(O)C(O)C(O)C(O)C(=O)S1(=O)=O. The fourth-order valence-corrected chi connectivity index (χ4v) is 2.79. The number of sulfone groups is 1. The van der Waals surface area contributed by atoms with E-state index in [2.05, 4.69) is 0 Å². The Morgan fingerprint density at radius 1 is 0.571 bits per heavy atom. The average Bonchev–Trinajstić information content (AvgIpc) is 2.46. The van der Waals surface area contributed by atoms with Crippen LogP contribution in [0.1, 0.15) is 0 Å². The summed E-state index contributed by atoms with van der Waals surface area (Å²) in [5, 5.41) is 61.2. The Morgan fingerprint density at radius 3 is 1.10 bits per heavy atom. The number of aliphatic hydroxyl groups is 7. The van der Waals surface area contributed by atoms with Gasteiger partial charge in [0.15, 0.2) is 12.2 Å². The van der Waals surface area contributed by atoms with E-state index in [9.17, 15) is 53.8 Å². The van der Waals surface area contributed by atoms with Crippen molar-refractivity contribution in [1.29, 1.82) is 0 Å².